The van der Waals surface area contributed by atoms with E-state index in [2.05, 4.69) is 27.3 Å². The molecule has 4 aromatic rings. The molecule has 6 heteroatoms. The normalized spacial score (nSPS) is 12.3. The van der Waals surface area contributed by atoms with Crippen LogP contribution in [0, 0.1) is 12.7 Å². The third kappa shape index (κ3) is 3.01. The van der Waals surface area contributed by atoms with Gasteiger partial charge in [0.1, 0.15) is 11.6 Å². The molecule has 1 atom stereocenters. The first-order valence-corrected chi connectivity index (χ1v) is 8.40. The van der Waals surface area contributed by atoms with Crippen LogP contribution in [0.3, 0.4) is 0 Å². The van der Waals surface area contributed by atoms with Gasteiger partial charge in [0.25, 0.3) is 0 Å². The number of hydrogen-bond acceptors (Lipinski definition) is 4. The number of anilines is 1. The number of nitrogens with one attached hydrogen (secondary N) is 1. The SMILES string of the molecule is Cc1c([C@@H](C)Nc2cnc3ccccc3n2)cnn1-c1ccc(F)cc1. The summed E-state index contributed by atoms with van der Waals surface area (Å²) in [5, 5.41) is 7.82. The van der Waals surface area contributed by atoms with E-state index in [-0.39, 0.29) is 11.9 Å². The number of nitrogens with zero attached hydrogens (tertiary/aromatic N) is 4. The molecule has 5 nitrogen and oxygen atoms in total. The van der Waals surface area contributed by atoms with Crippen molar-refractivity contribution < 1.29 is 4.39 Å². The first kappa shape index (κ1) is 16.2. The van der Waals surface area contributed by atoms with Gasteiger partial charge < -0.3 is 5.32 Å². The Bertz CT molecular complexity index is 1060. The topological polar surface area (TPSA) is 55.6 Å². The van der Waals surface area contributed by atoms with Crippen LogP contribution in [0.2, 0.25) is 0 Å². The van der Waals surface area contributed by atoms with Crippen molar-refractivity contribution in [1.29, 1.82) is 0 Å². The summed E-state index contributed by atoms with van der Waals surface area (Å²) in [7, 11) is 0. The molecule has 0 spiro atoms. The standard InChI is InChI=1S/C20H18FN5/c1-13(24-20-12-22-18-5-3-4-6-19(18)25-20)17-11-23-26(14(17)2)16-9-7-15(21)8-10-16/h3-13H,1-2H3,(H,24,25)/t13-/m1/s1. The third-order valence-electron chi connectivity index (χ3n) is 4.40. The van der Waals surface area contributed by atoms with E-state index in [9.17, 15) is 4.39 Å². The van der Waals surface area contributed by atoms with Crippen molar-refractivity contribution in [3.8, 4) is 5.69 Å². The Balaban J connectivity index is 1.59. The van der Waals surface area contributed by atoms with Gasteiger partial charge in [-0.15, -0.1) is 0 Å². The third-order valence-corrected chi connectivity index (χ3v) is 4.40. The van der Waals surface area contributed by atoms with E-state index >= 15 is 0 Å². The van der Waals surface area contributed by atoms with Gasteiger partial charge in [0.05, 0.1) is 35.2 Å². The molecule has 0 radical (unpaired) electrons. The van der Waals surface area contributed by atoms with E-state index in [1.165, 1.54) is 12.1 Å². The molecule has 130 valence electrons. The Kier molecular flexibility index (Phi) is 4.08. The maximum atomic E-state index is 13.1. The van der Waals surface area contributed by atoms with Gasteiger partial charge in [0.15, 0.2) is 0 Å². The lowest BCUT2D eigenvalue weighted by molar-refractivity contribution is 0.627. The molecule has 2 aromatic heterocycles. The highest BCUT2D eigenvalue weighted by Crippen LogP contribution is 2.23. The van der Waals surface area contributed by atoms with Crippen LogP contribution in [0.25, 0.3) is 16.7 Å². The number of halogens is 1. The maximum absolute atomic E-state index is 13.1. The van der Waals surface area contributed by atoms with Gasteiger partial charge in [0, 0.05) is 11.3 Å². The highest BCUT2D eigenvalue weighted by Gasteiger charge is 2.15. The summed E-state index contributed by atoms with van der Waals surface area (Å²) in [4.78, 5) is 9.03. The predicted octanol–water partition coefficient (Wildman–Crippen LogP) is 4.44. The molecule has 0 aliphatic carbocycles. The minimum Gasteiger partial charge on any atom is -0.362 e. The summed E-state index contributed by atoms with van der Waals surface area (Å²) in [5.41, 5.74) is 4.58. The number of benzene rings is 2. The first-order chi connectivity index (χ1) is 12.6. The number of hydrogen-bond donors (Lipinski definition) is 1. The Morgan fingerprint density at radius 2 is 1.73 bits per heavy atom. The van der Waals surface area contributed by atoms with Crippen LogP contribution in [0.5, 0.6) is 0 Å². The Hall–Kier alpha value is -3.28. The highest BCUT2D eigenvalue weighted by molar-refractivity contribution is 5.75. The van der Waals surface area contributed by atoms with Gasteiger partial charge in [0.2, 0.25) is 0 Å². The second-order valence-corrected chi connectivity index (χ2v) is 6.18. The van der Waals surface area contributed by atoms with Crippen molar-refractivity contribution >= 4 is 16.9 Å². The molecule has 1 N–H and O–H groups in total. The maximum Gasteiger partial charge on any atom is 0.145 e. The van der Waals surface area contributed by atoms with E-state index in [1.807, 2.05) is 37.4 Å². The van der Waals surface area contributed by atoms with Crippen molar-refractivity contribution in [3.05, 3.63) is 78.0 Å². The molecular weight excluding hydrogens is 329 g/mol. The molecule has 2 heterocycles. The second kappa shape index (κ2) is 6.55. The fourth-order valence-electron chi connectivity index (χ4n) is 3.02. The van der Waals surface area contributed by atoms with Gasteiger partial charge >= 0.3 is 0 Å². The van der Waals surface area contributed by atoms with Crippen LogP contribution in [-0.4, -0.2) is 19.7 Å². The van der Waals surface area contributed by atoms with Crippen molar-refractivity contribution in [3.63, 3.8) is 0 Å². The van der Waals surface area contributed by atoms with Crippen molar-refractivity contribution in [1.82, 2.24) is 19.7 Å². The molecule has 2 aromatic carbocycles. The van der Waals surface area contributed by atoms with Gasteiger partial charge in [-0.3, -0.25) is 4.98 Å². The fourth-order valence-corrected chi connectivity index (χ4v) is 3.02. The lowest BCUT2D eigenvalue weighted by Crippen LogP contribution is -2.09. The second-order valence-electron chi connectivity index (χ2n) is 6.18. The van der Waals surface area contributed by atoms with Crippen LogP contribution in [0.15, 0.2) is 60.9 Å². The first-order valence-electron chi connectivity index (χ1n) is 8.40. The van der Waals surface area contributed by atoms with E-state index in [0.717, 1.165) is 28.0 Å². The van der Waals surface area contributed by atoms with Crippen LogP contribution in [-0.2, 0) is 0 Å². The van der Waals surface area contributed by atoms with Crippen LogP contribution >= 0.6 is 0 Å². The number of fused-ring (bicyclic) bond motifs is 1. The Morgan fingerprint density at radius 1 is 1.00 bits per heavy atom. The Morgan fingerprint density at radius 3 is 2.50 bits per heavy atom. The van der Waals surface area contributed by atoms with E-state index in [4.69, 9.17) is 0 Å². The minimum absolute atomic E-state index is 0.000314. The van der Waals surface area contributed by atoms with Crippen molar-refractivity contribution in [2.24, 2.45) is 0 Å². The molecule has 26 heavy (non-hydrogen) atoms. The molecule has 0 saturated heterocycles. The van der Waals surface area contributed by atoms with E-state index in [1.54, 1.807) is 23.0 Å². The van der Waals surface area contributed by atoms with Crippen LogP contribution in [0.1, 0.15) is 24.2 Å². The van der Waals surface area contributed by atoms with Crippen LogP contribution in [0.4, 0.5) is 10.2 Å². The average molecular weight is 347 g/mol. The predicted molar refractivity (Wildman–Crippen MR) is 99.8 cm³/mol. The molecule has 0 fully saturated rings. The highest BCUT2D eigenvalue weighted by atomic mass is 19.1. The monoisotopic (exact) mass is 347 g/mol. The Labute approximate surface area is 150 Å². The number of rotatable bonds is 4. The smallest absolute Gasteiger partial charge is 0.145 e. The van der Waals surface area contributed by atoms with E-state index in [0.29, 0.717) is 5.82 Å². The van der Waals surface area contributed by atoms with Crippen molar-refractivity contribution in [2.75, 3.05) is 5.32 Å². The molecule has 0 aliphatic rings. The minimum atomic E-state index is -0.260. The summed E-state index contributed by atoms with van der Waals surface area (Å²) in [6.07, 6.45) is 3.56. The lowest BCUT2D eigenvalue weighted by Gasteiger charge is -2.15. The van der Waals surface area contributed by atoms with Gasteiger partial charge in [-0.25, -0.2) is 14.1 Å². The fraction of sp³-hybridized carbons (Fsp3) is 0.150. The molecule has 0 aliphatic heterocycles. The zero-order valence-electron chi connectivity index (χ0n) is 14.5. The largest absolute Gasteiger partial charge is 0.362 e. The summed E-state index contributed by atoms with van der Waals surface area (Å²) >= 11 is 0. The zero-order valence-corrected chi connectivity index (χ0v) is 14.5. The molecule has 0 unspecified atom stereocenters. The van der Waals surface area contributed by atoms with Gasteiger partial charge in [-0.05, 0) is 50.2 Å². The lowest BCUT2D eigenvalue weighted by atomic mass is 10.1. The summed E-state index contributed by atoms with van der Waals surface area (Å²) in [6, 6.07) is 14.1. The van der Waals surface area contributed by atoms with Gasteiger partial charge in [-0.1, -0.05) is 12.1 Å². The summed E-state index contributed by atoms with van der Waals surface area (Å²) < 4.78 is 14.9. The molecule has 0 bridgehead atoms. The quantitative estimate of drug-likeness (QED) is 0.593. The molecular formula is C20H18FN5. The number of aromatic nitrogens is 4. The average Bonchev–Trinajstić information content (AvgIpc) is 3.04. The van der Waals surface area contributed by atoms with Crippen LogP contribution < -0.4 is 5.32 Å². The van der Waals surface area contributed by atoms with E-state index < -0.39 is 0 Å². The molecule has 0 amide bonds. The summed E-state index contributed by atoms with van der Waals surface area (Å²) in [6.45, 7) is 4.05. The zero-order chi connectivity index (χ0) is 18.1. The summed E-state index contributed by atoms with van der Waals surface area (Å²) in [5.74, 6) is 0.453. The molecule has 0 saturated carbocycles. The molecule has 4 rings (SSSR count). The van der Waals surface area contributed by atoms with Crippen molar-refractivity contribution in [2.45, 2.75) is 19.9 Å². The van der Waals surface area contributed by atoms with Gasteiger partial charge in [-0.2, -0.15) is 5.10 Å². The number of para-hydroxylation sites is 2.